The van der Waals surface area contributed by atoms with E-state index >= 15 is 0 Å². The van der Waals surface area contributed by atoms with Crippen LogP contribution in [-0.2, 0) is 0 Å². The number of nitrogens with zero attached hydrogens (tertiary/aromatic N) is 3. The number of furan rings is 1. The van der Waals surface area contributed by atoms with Gasteiger partial charge in [0.15, 0.2) is 10.8 Å². The highest BCUT2D eigenvalue weighted by Crippen LogP contribution is 2.23. The average molecular weight is 306 g/mol. The van der Waals surface area contributed by atoms with Crippen LogP contribution in [0, 0.1) is 20.8 Å². The first-order valence-corrected chi connectivity index (χ1v) is 6.59. The van der Waals surface area contributed by atoms with Crippen LogP contribution in [0.1, 0.15) is 27.4 Å². The second-order valence-electron chi connectivity index (χ2n) is 4.61. The minimum Gasteiger partial charge on any atom is -0.466 e. The lowest BCUT2D eigenvalue weighted by molar-refractivity contribution is 0.102. The highest BCUT2D eigenvalue weighted by molar-refractivity contribution is 6.33. The van der Waals surface area contributed by atoms with Crippen molar-refractivity contribution in [3.05, 3.63) is 34.1 Å². The second kappa shape index (κ2) is 4.85. The fourth-order valence-electron chi connectivity index (χ4n) is 2.15. The molecule has 0 aliphatic heterocycles. The number of aryl methyl sites for hydroxylation is 2. The zero-order chi connectivity index (χ0) is 15.1. The van der Waals surface area contributed by atoms with E-state index in [9.17, 15) is 4.79 Å². The van der Waals surface area contributed by atoms with Gasteiger partial charge in [-0.2, -0.15) is 9.97 Å². The largest absolute Gasteiger partial charge is 0.466 e. The number of fused-ring (bicyclic) bond motifs is 1. The Bertz CT molecular complexity index is 852. The van der Waals surface area contributed by atoms with Crippen molar-refractivity contribution < 1.29 is 9.21 Å². The molecule has 108 valence electrons. The summed E-state index contributed by atoms with van der Waals surface area (Å²) in [4.78, 5) is 27.3. The molecule has 2 N–H and O–H groups in total. The van der Waals surface area contributed by atoms with E-state index in [1.165, 1.54) is 6.33 Å². The van der Waals surface area contributed by atoms with Gasteiger partial charge < -0.3 is 9.40 Å². The molecule has 7 nitrogen and oxygen atoms in total. The third-order valence-electron chi connectivity index (χ3n) is 3.26. The van der Waals surface area contributed by atoms with Gasteiger partial charge in [0.1, 0.15) is 17.0 Å². The van der Waals surface area contributed by atoms with E-state index in [-0.39, 0.29) is 17.0 Å². The number of rotatable bonds is 2. The van der Waals surface area contributed by atoms with E-state index in [1.54, 1.807) is 6.92 Å². The number of aromatic nitrogens is 4. The molecule has 0 unspecified atom stereocenters. The summed E-state index contributed by atoms with van der Waals surface area (Å²) in [5.74, 6) is 1.02. The number of imidazole rings is 1. The fourth-order valence-corrected chi connectivity index (χ4v) is 2.36. The molecule has 21 heavy (non-hydrogen) atoms. The van der Waals surface area contributed by atoms with Crippen molar-refractivity contribution in [3.63, 3.8) is 0 Å². The SMILES string of the molecule is Cc1oc(C)c(C(=O)Nc2nc(Cl)c3[nH]cnc3n2)c1C. The molecule has 0 fully saturated rings. The smallest absolute Gasteiger partial charge is 0.261 e. The molecular formula is C13H12ClN5O2. The number of anilines is 1. The Hall–Kier alpha value is -2.41. The van der Waals surface area contributed by atoms with Gasteiger partial charge in [0.2, 0.25) is 5.95 Å². The maximum atomic E-state index is 12.3. The van der Waals surface area contributed by atoms with E-state index in [1.807, 2.05) is 13.8 Å². The number of hydrogen-bond donors (Lipinski definition) is 2. The summed E-state index contributed by atoms with van der Waals surface area (Å²) in [7, 11) is 0. The highest BCUT2D eigenvalue weighted by atomic mass is 35.5. The van der Waals surface area contributed by atoms with Crippen LogP contribution in [0.2, 0.25) is 5.15 Å². The Labute approximate surface area is 124 Å². The first kappa shape index (κ1) is 13.6. The van der Waals surface area contributed by atoms with Gasteiger partial charge in [0.05, 0.1) is 11.9 Å². The van der Waals surface area contributed by atoms with Crippen LogP contribution in [0.15, 0.2) is 10.7 Å². The molecule has 0 aromatic carbocycles. The Morgan fingerprint density at radius 2 is 2.05 bits per heavy atom. The molecule has 0 atom stereocenters. The number of aromatic amines is 1. The molecule has 0 saturated heterocycles. The summed E-state index contributed by atoms with van der Waals surface area (Å²) < 4.78 is 5.44. The molecule has 1 amide bonds. The van der Waals surface area contributed by atoms with Crippen molar-refractivity contribution >= 4 is 34.6 Å². The molecule has 3 heterocycles. The third-order valence-corrected chi connectivity index (χ3v) is 3.53. The van der Waals surface area contributed by atoms with Gasteiger partial charge in [0, 0.05) is 5.56 Å². The molecule has 0 aliphatic carbocycles. The minimum atomic E-state index is -0.340. The summed E-state index contributed by atoms with van der Waals surface area (Å²) in [6.45, 7) is 5.37. The van der Waals surface area contributed by atoms with Gasteiger partial charge in [-0.3, -0.25) is 10.1 Å². The number of carbonyl (C=O) groups is 1. The molecule has 3 aromatic rings. The van der Waals surface area contributed by atoms with Gasteiger partial charge >= 0.3 is 0 Å². The van der Waals surface area contributed by atoms with Crippen LogP contribution in [-0.4, -0.2) is 25.8 Å². The molecule has 0 bridgehead atoms. The van der Waals surface area contributed by atoms with Crippen molar-refractivity contribution in [3.8, 4) is 0 Å². The summed E-state index contributed by atoms with van der Waals surface area (Å²) >= 11 is 6.01. The molecule has 0 saturated carbocycles. The molecule has 8 heteroatoms. The molecular weight excluding hydrogens is 294 g/mol. The van der Waals surface area contributed by atoms with Crippen molar-refractivity contribution in [1.29, 1.82) is 0 Å². The van der Waals surface area contributed by atoms with Crippen molar-refractivity contribution in [1.82, 2.24) is 19.9 Å². The normalized spacial score (nSPS) is 11.0. The molecule has 3 aromatic heterocycles. The quantitative estimate of drug-likeness (QED) is 0.710. The van der Waals surface area contributed by atoms with Crippen LogP contribution in [0.3, 0.4) is 0 Å². The maximum Gasteiger partial charge on any atom is 0.261 e. The average Bonchev–Trinajstić information content (AvgIpc) is 2.95. The Kier molecular flexibility index (Phi) is 3.13. The Balaban J connectivity index is 1.96. The van der Waals surface area contributed by atoms with Crippen molar-refractivity contribution in [2.24, 2.45) is 0 Å². The van der Waals surface area contributed by atoms with Gasteiger partial charge in [0.25, 0.3) is 5.91 Å². The summed E-state index contributed by atoms with van der Waals surface area (Å²) in [6, 6.07) is 0. The second-order valence-corrected chi connectivity index (χ2v) is 4.97. The Morgan fingerprint density at radius 1 is 1.29 bits per heavy atom. The number of amides is 1. The summed E-state index contributed by atoms with van der Waals surface area (Å²) in [6.07, 6.45) is 1.46. The highest BCUT2D eigenvalue weighted by Gasteiger charge is 2.20. The number of halogens is 1. The van der Waals surface area contributed by atoms with Crippen LogP contribution in [0.4, 0.5) is 5.95 Å². The van der Waals surface area contributed by atoms with Crippen LogP contribution >= 0.6 is 11.6 Å². The predicted molar refractivity (Wildman–Crippen MR) is 77.6 cm³/mol. The lowest BCUT2D eigenvalue weighted by Gasteiger charge is -2.04. The standard InChI is InChI=1S/C13H12ClN5O2/c1-5-6(2)21-7(3)8(5)12(20)19-13-17-10(14)9-11(18-13)16-4-15-9/h4H,1-3H3,(H2,15,16,17,18,19,20). The first-order valence-electron chi connectivity index (χ1n) is 6.22. The van der Waals surface area contributed by atoms with Crippen LogP contribution in [0.5, 0.6) is 0 Å². The van der Waals surface area contributed by atoms with Gasteiger partial charge in [-0.1, -0.05) is 11.6 Å². The monoisotopic (exact) mass is 305 g/mol. The molecule has 3 rings (SSSR count). The van der Waals surface area contributed by atoms with E-state index in [4.69, 9.17) is 16.0 Å². The lowest BCUT2D eigenvalue weighted by Crippen LogP contribution is -2.15. The van der Waals surface area contributed by atoms with Gasteiger partial charge in [-0.15, -0.1) is 0 Å². The van der Waals surface area contributed by atoms with Crippen LogP contribution < -0.4 is 5.32 Å². The number of H-pyrrole nitrogens is 1. The first-order chi connectivity index (χ1) is 9.97. The van der Waals surface area contributed by atoms with Crippen LogP contribution in [0.25, 0.3) is 11.2 Å². The fraction of sp³-hybridized carbons (Fsp3) is 0.231. The number of hydrogen-bond acceptors (Lipinski definition) is 5. The lowest BCUT2D eigenvalue weighted by atomic mass is 10.1. The molecule has 0 spiro atoms. The molecule has 0 radical (unpaired) electrons. The van der Waals surface area contributed by atoms with Gasteiger partial charge in [-0.25, -0.2) is 4.98 Å². The molecule has 0 aliphatic rings. The predicted octanol–water partition coefficient (Wildman–Crippen LogP) is 2.78. The van der Waals surface area contributed by atoms with Crippen molar-refractivity contribution in [2.45, 2.75) is 20.8 Å². The zero-order valence-corrected chi connectivity index (χ0v) is 12.4. The zero-order valence-electron chi connectivity index (χ0n) is 11.6. The van der Waals surface area contributed by atoms with E-state index in [2.05, 4.69) is 25.3 Å². The topological polar surface area (TPSA) is 96.7 Å². The summed E-state index contributed by atoms with van der Waals surface area (Å²) in [5.41, 5.74) is 2.19. The van der Waals surface area contributed by atoms with Gasteiger partial charge in [-0.05, 0) is 20.8 Å². The van der Waals surface area contributed by atoms with E-state index in [0.717, 1.165) is 5.56 Å². The third kappa shape index (κ3) is 2.25. The van der Waals surface area contributed by atoms with E-state index in [0.29, 0.717) is 28.2 Å². The van der Waals surface area contributed by atoms with Crippen molar-refractivity contribution in [2.75, 3.05) is 5.32 Å². The maximum absolute atomic E-state index is 12.3. The minimum absolute atomic E-state index is 0.0993. The number of nitrogens with one attached hydrogen (secondary N) is 2. The Morgan fingerprint density at radius 3 is 2.71 bits per heavy atom. The van der Waals surface area contributed by atoms with E-state index < -0.39 is 0 Å². The number of carbonyl (C=O) groups excluding carboxylic acids is 1. The summed E-state index contributed by atoms with van der Waals surface area (Å²) in [5, 5.41) is 2.82.